The fourth-order valence-corrected chi connectivity index (χ4v) is 3.87. The third-order valence-corrected chi connectivity index (χ3v) is 5.85. The Bertz CT molecular complexity index is 1420. The van der Waals surface area contributed by atoms with Crippen LogP contribution in [0.5, 0.6) is 5.75 Å². The molecule has 3 aromatic carbocycles. The molecule has 0 saturated carbocycles. The molecule has 172 valence electrons. The first kappa shape index (κ1) is 23.2. The lowest BCUT2D eigenvalue weighted by Gasteiger charge is -2.06. The summed E-state index contributed by atoms with van der Waals surface area (Å²) in [6.07, 6.45) is 0. The maximum Gasteiger partial charge on any atom is 0.281 e. The van der Waals surface area contributed by atoms with E-state index in [0.29, 0.717) is 38.4 Å². The molecular weight excluding hydrogens is 503 g/mol. The highest BCUT2D eigenvalue weighted by molar-refractivity contribution is 9.10. The number of hydrogen-bond acceptors (Lipinski definition) is 4. The minimum absolute atomic E-state index is 0.266. The van der Waals surface area contributed by atoms with Gasteiger partial charge in [0.25, 0.3) is 11.5 Å². The predicted molar refractivity (Wildman–Crippen MR) is 132 cm³/mol. The second-order valence-corrected chi connectivity index (χ2v) is 8.18. The Morgan fingerprint density at radius 1 is 1.06 bits per heavy atom. The summed E-state index contributed by atoms with van der Waals surface area (Å²) >= 11 is 3.34. The molecule has 7 nitrogen and oxygen atoms in total. The third-order valence-electron chi connectivity index (χ3n) is 5.16. The molecule has 0 unspecified atom stereocenters. The number of ether oxygens (including phenoxy) is 1. The third kappa shape index (κ3) is 4.69. The Hall–Kier alpha value is -3.98. The Labute approximate surface area is 203 Å². The van der Waals surface area contributed by atoms with Gasteiger partial charge in [-0.25, -0.2) is 14.5 Å². The topological polar surface area (TPSA) is 88.5 Å². The molecule has 9 heteroatoms. The van der Waals surface area contributed by atoms with Crippen LogP contribution >= 0.6 is 15.9 Å². The first-order valence-electron chi connectivity index (χ1n) is 10.2. The number of benzene rings is 3. The number of amides is 1. The molecule has 0 atom stereocenters. The molecule has 1 amide bonds. The van der Waals surface area contributed by atoms with Crippen molar-refractivity contribution in [3.8, 4) is 22.7 Å². The molecule has 0 aliphatic rings. The number of carbonyl (C=O) groups excluding carboxylic acids is 1. The SMILES string of the molecule is COc1ccc(-c2[nH]n(-c3ccc(F)cc3)c(=O)c2C(C)=NNC(=O)c2ccccc2Br)cc1. The van der Waals surface area contributed by atoms with Crippen molar-refractivity contribution in [2.24, 2.45) is 5.10 Å². The largest absolute Gasteiger partial charge is 0.497 e. The molecule has 1 aromatic heterocycles. The van der Waals surface area contributed by atoms with E-state index in [1.54, 1.807) is 62.6 Å². The van der Waals surface area contributed by atoms with Crippen molar-refractivity contribution in [2.75, 3.05) is 7.11 Å². The Balaban J connectivity index is 1.78. The van der Waals surface area contributed by atoms with Crippen molar-refractivity contribution in [2.45, 2.75) is 6.92 Å². The molecule has 2 N–H and O–H groups in total. The number of H-pyrrole nitrogens is 1. The highest BCUT2D eigenvalue weighted by Crippen LogP contribution is 2.24. The van der Waals surface area contributed by atoms with Crippen LogP contribution in [0.3, 0.4) is 0 Å². The van der Waals surface area contributed by atoms with Crippen molar-refractivity contribution < 1.29 is 13.9 Å². The van der Waals surface area contributed by atoms with Crippen LogP contribution in [0, 0.1) is 5.82 Å². The molecule has 0 aliphatic carbocycles. The molecule has 0 spiro atoms. The van der Waals surface area contributed by atoms with E-state index in [4.69, 9.17) is 4.74 Å². The zero-order valence-corrected chi connectivity index (χ0v) is 19.9. The van der Waals surface area contributed by atoms with Crippen molar-refractivity contribution >= 4 is 27.5 Å². The van der Waals surface area contributed by atoms with Gasteiger partial charge in [-0.2, -0.15) is 5.10 Å². The Kier molecular flexibility index (Phi) is 6.74. The summed E-state index contributed by atoms with van der Waals surface area (Å²) in [6, 6.07) is 19.6. The second kappa shape index (κ2) is 9.88. The number of halogens is 2. The summed E-state index contributed by atoms with van der Waals surface area (Å²) in [5.41, 5.74) is 4.74. The predicted octanol–water partition coefficient (Wildman–Crippen LogP) is 4.90. The number of rotatable bonds is 6. The number of methoxy groups -OCH3 is 1. The lowest BCUT2D eigenvalue weighted by Crippen LogP contribution is -2.23. The van der Waals surface area contributed by atoms with Gasteiger partial charge in [-0.3, -0.25) is 14.7 Å². The zero-order valence-electron chi connectivity index (χ0n) is 18.3. The van der Waals surface area contributed by atoms with Gasteiger partial charge in [0.05, 0.1) is 35.3 Å². The molecular formula is C25H20BrFN4O3. The van der Waals surface area contributed by atoms with E-state index < -0.39 is 17.3 Å². The first-order valence-corrected chi connectivity index (χ1v) is 11.0. The van der Waals surface area contributed by atoms with E-state index >= 15 is 0 Å². The molecule has 0 saturated heterocycles. The van der Waals surface area contributed by atoms with Crippen LogP contribution in [-0.4, -0.2) is 28.5 Å². The number of hydrogen-bond donors (Lipinski definition) is 2. The average Bonchev–Trinajstić information content (AvgIpc) is 3.20. The van der Waals surface area contributed by atoms with Gasteiger partial charge >= 0.3 is 0 Å². The molecule has 0 bridgehead atoms. The summed E-state index contributed by atoms with van der Waals surface area (Å²) < 4.78 is 20.6. The van der Waals surface area contributed by atoms with Gasteiger partial charge in [-0.15, -0.1) is 0 Å². The van der Waals surface area contributed by atoms with Gasteiger partial charge in [-0.1, -0.05) is 12.1 Å². The standard InChI is InChI=1S/C25H20BrFN4O3/c1-15(28-29-24(32)20-5-3-4-6-21(20)26)22-23(16-7-13-19(34-2)14-8-16)30-31(25(22)33)18-11-9-17(27)10-12-18/h3-14,30H,1-2H3,(H,29,32). The second-order valence-electron chi connectivity index (χ2n) is 7.33. The van der Waals surface area contributed by atoms with Gasteiger partial charge in [0.2, 0.25) is 0 Å². The number of carbonyl (C=O) groups is 1. The van der Waals surface area contributed by atoms with Gasteiger partial charge in [0.1, 0.15) is 11.6 Å². The number of aromatic nitrogens is 2. The summed E-state index contributed by atoms with van der Waals surface area (Å²) in [4.78, 5) is 26.0. The highest BCUT2D eigenvalue weighted by atomic mass is 79.9. The number of nitrogens with zero attached hydrogens (tertiary/aromatic N) is 2. The van der Waals surface area contributed by atoms with Gasteiger partial charge in [0.15, 0.2) is 0 Å². The molecule has 4 rings (SSSR count). The molecule has 0 fully saturated rings. The number of hydrazone groups is 1. The van der Waals surface area contributed by atoms with Crippen LogP contribution in [0.4, 0.5) is 4.39 Å². The van der Waals surface area contributed by atoms with Crippen LogP contribution in [0.1, 0.15) is 22.8 Å². The fraction of sp³-hybridized carbons (Fsp3) is 0.0800. The van der Waals surface area contributed by atoms with Crippen LogP contribution in [0.2, 0.25) is 0 Å². The highest BCUT2D eigenvalue weighted by Gasteiger charge is 2.20. The number of nitrogens with one attached hydrogen (secondary N) is 2. The van der Waals surface area contributed by atoms with Crippen molar-refractivity contribution in [1.29, 1.82) is 0 Å². The normalized spacial score (nSPS) is 11.4. The van der Waals surface area contributed by atoms with E-state index in [9.17, 15) is 14.0 Å². The van der Waals surface area contributed by atoms with Gasteiger partial charge in [0, 0.05) is 10.0 Å². The lowest BCUT2D eigenvalue weighted by molar-refractivity contribution is 0.0954. The lowest BCUT2D eigenvalue weighted by atomic mass is 10.1. The summed E-state index contributed by atoms with van der Waals surface area (Å²) in [5.74, 6) is -0.171. The minimum atomic E-state index is -0.424. The van der Waals surface area contributed by atoms with Crippen LogP contribution < -0.4 is 15.7 Å². The summed E-state index contributed by atoms with van der Waals surface area (Å²) in [7, 11) is 1.57. The Morgan fingerprint density at radius 2 is 1.74 bits per heavy atom. The van der Waals surface area contributed by atoms with Crippen molar-refractivity contribution in [1.82, 2.24) is 15.2 Å². The monoisotopic (exact) mass is 522 g/mol. The average molecular weight is 523 g/mol. The maximum atomic E-state index is 13.4. The van der Waals surface area contributed by atoms with Crippen LogP contribution in [-0.2, 0) is 0 Å². The summed E-state index contributed by atoms with van der Waals surface area (Å²) in [5, 5.41) is 7.28. The fourth-order valence-electron chi connectivity index (χ4n) is 3.41. The zero-order chi connectivity index (χ0) is 24.2. The molecule has 0 radical (unpaired) electrons. The quantitative estimate of drug-likeness (QED) is 0.279. The van der Waals surface area contributed by atoms with E-state index in [0.717, 1.165) is 0 Å². The molecule has 1 heterocycles. The minimum Gasteiger partial charge on any atom is -0.497 e. The van der Waals surface area contributed by atoms with Crippen LogP contribution in [0.25, 0.3) is 16.9 Å². The molecule has 34 heavy (non-hydrogen) atoms. The van der Waals surface area contributed by atoms with Crippen LogP contribution in [0.15, 0.2) is 87.2 Å². The van der Waals surface area contributed by atoms with E-state index in [1.807, 2.05) is 0 Å². The maximum absolute atomic E-state index is 13.4. The van der Waals surface area contributed by atoms with Gasteiger partial charge in [-0.05, 0) is 83.5 Å². The van der Waals surface area contributed by atoms with Crippen molar-refractivity contribution in [3.05, 3.63) is 105 Å². The number of aromatic amines is 1. The van der Waals surface area contributed by atoms with E-state index in [1.165, 1.54) is 28.9 Å². The van der Waals surface area contributed by atoms with E-state index in [-0.39, 0.29) is 5.56 Å². The smallest absolute Gasteiger partial charge is 0.281 e. The van der Waals surface area contributed by atoms with Gasteiger partial charge < -0.3 is 4.74 Å². The summed E-state index contributed by atoms with van der Waals surface area (Å²) in [6.45, 7) is 1.63. The molecule has 0 aliphatic heterocycles. The molecule has 4 aromatic rings. The van der Waals surface area contributed by atoms with E-state index in [2.05, 4.69) is 31.6 Å². The van der Waals surface area contributed by atoms with Crippen molar-refractivity contribution in [3.63, 3.8) is 0 Å². The Morgan fingerprint density at radius 3 is 2.38 bits per heavy atom. The first-order chi connectivity index (χ1) is 16.4.